The average Bonchev–Trinajstić information content (AvgIpc) is 2.83. The first-order valence-corrected chi connectivity index (χ1v) is 15.1. The quantitative estimate of drug-likeness (QED) is 0.266. The molecule has 0 aliphatic carbocycles. The smallest absolute Gasteiger partial charge is 0.221 e. The van der Waals surface area contributed by atoms with Crippen molar-refractivity contribution in [3.8, 4) is 0 Å². The number of hydrogen-bond acceptors (Lipinski definition) is 4. The maximum Gasteiger partial charge on any atom is 0.221 e. The molecule has 0 saturated carbocycles. The van der Waals surface area contributed by atoms with E-state index in [1.807, 2.05) is 0 Å². The van der Waals surface area contributed by atoms with Crippen LogP contribution in [0.4, 0.5) is 0 Å². The van der Waals surface area contributed by atoms with E-state index in [-0.39, 0.29) is 5.91 Å². The molecule has 1 unspecified atom stereocenters. The summed E-state index contributed by atoms with van der Waals surface area (Å²) in [5.41, 5.74) is 0. The van der Waals surface area contributed by atoms with Crippen LogP contribution in [0.1, 0.15) is 129 Å². The minimum atomic E-state index is 0.220. The SMILES string of the molecule is CCCCCCCCCCCCCCCC1CC(=O)NCCCN(C)CCCCNCCCN1. The standard InChI is InChI=1S/C29H60N4O/c1-3-4-5-6-7-8-9-10-11-12-13-14-15-20-28-27-29(34)32-24-19-26-33(2)25-17-16-21-30-22-18-23-31-28/h28,30-31H,3-27H2,1-2H3,(H,32,34). The Hall–Kier alpha value is -0.650. The number of amides is 1. The molecule has 1 heterocycles. The highest BCUT2D eigenvalue weighted by Gasteiger charge is 2.13. The number of carbonyl (C=O) groups is 1. The van der Waals surface area contributed by atoms with Crippen LogP contribution in [0.3, 0.4) is 0 Å². The fourth-order valence-electron chi connectivity index (χ4n) is 4.95. The molecule has 0 aromatic carbocycles. The zero-order valence-corrected chi connectivity index (χ0v) is 23.1. The second kappa shape index (κ2) is 24.1. The summed E-state index contributed by atoms with van der Waals surface area (Å²) >= 11 is 0. The van der Waals surface area contributed by atoms with Gasteiger partial charge >= 0.3 is 0 Å². The molecule has 5 nitrogen and oxygen atoms in total. The molecular formula is C29H60N4O. The molecule has 0 aromatic heterocycles. The van der Waals surface area contributed by atoms with E-state index in [2.05, 4.69) is 34.8 Å². The van der Waals surface area contributed by atoms with Gasteiger partial charge in [0.15, 0.2) is 0 Å². The Bertz CT molecular complexity index is 446. The van der Waals surface area contributed by atoms with Gasteiger partial charge in [-0.15, -0.1) is 0 Å². The first-order valence-electron chi connectivity index (χ1n) is 15.1. The van der Waals surface area contributed by atoms with E-state index < -0.39 is 0 Å². The third kappa shape index (κ3) is 20.7. The molecule has 0 spiro atoms. The van der Waals surface area contributed by atoms with Gasteiger partial charge in [0, 0.05) is 19.0 Å². The lowest BCUT2D eigenvalue weighted by Gasteiger charge is -2.19. The van der Waals surface area contributed by atoms with Gasteiger partial charge in [-0.3, -0.25) is 4.79 Å². The number of nitrogens with one attached hydrogen (secondary N) is 3. The molecule has 1 atom stereocenters. The molecule has 34 heavy (non-hydrogen) atoms. The average molecular weight is 481 g/mol. The highest BCUT2D eigenvalue weighted by Crippen LogP contribution is 2.14. The molecular weight excluding hydrogens is 420 g/mol. The third-order valence-corrected chi connectivity index (χ3v) is 7.23. The number of carbonyl (C=O) groups excluding carboxylic acids is 1. The minimum Gasteiger partial charge on any atom is -0.356 e. The molecule has 3 N–H and O–H groups in total. The second-order valence-corrected chi connectivity index (χ2v) is 10.7. The van der Waals surface area contributed by atoms with Crippen molar-refractivity contribution in [2.75, 3.05) is 46.3 Å². The van der Waals surface area contributed by atoms with E-state index in [0.29, 0.717) is 12.5 Å². The lowest BCUT2D eigenvalue weighted by atomic mass is 10.0. The summed E-state index contributed by atoms with van der Waals surface area (Å²) in [5.74, 6) is 0.220. The summed E-state index contributed by atoms with van der Waals surface area (Å²) in [6.45, 7) is 8.50. The zero-order chi connectivity index (χ0) is 24.5. The van der Waals surface area contributed by atoms with Crippen LogP contribution in [0.2, 0.25) is 0 Å². The van der Waals surface area contributed by atoms with Crippen LogP contribution >= 0.6 is 0 Å². The van der Waals surface area contributed by atoms with Gasteiger partial charge in [-0.2, -0.15) is 0 Å². The van der Waals surface area contributed by atoms with E-state index in [1.165, 1.54) is 96.3 Å². The fraction of sp³-hybridized carbons (Fsp3) is 0.966. The summed E-state index contributed by atoms with van der Waals surface area (Å²) in [5, 5.41) is 10.4. The first-order chi connectivity index (χ1) is 16.7. The summed E-state index contributed by atoms with van der Waals surface area (Å²) in [7, 11) is 2.19. The molecule has 0 radical (unpaired) electrons. The molecule has 1 aliphatic heterocycles. The van der Waals surface area contributed by atoms with Gasteiger partial charge in [-0.1, -0.05) is 90.4 Å². The molecule has 1 fully saturated rings. The van der Waals surface area contributed by atoms with Crippen LogP contribution in [0.25, 0.3) is 0 Å². The van der Waals surface area contributed by atoms with Crippen molar-refractivity contribution in [3.05, 3.63) is 0 Å². The predicted molar refractivity (Wildman–Crippen MR) is 149 cm³/mol. The predicted octanol–water partition coefficient (Wildman–Crippen LogP) is 6.03. The maximum atomic E-state index is 12.5. The van der Waals surface area contributed by atoms with Gasteiger partial charge in [-0.25, -0.2) is 0 Å². The lowest BCUT2D eigenvalue weighted by molar-refractivity contribution is -0.121. The minimum absolute atomic E-state index is 0.220. The van der Waals surface area contributed by atoms with E-state index in [1.54, 1.807) is 0 Å². The summed E-state index contributed by atoms with van der Waals surface area (Å²) in [4.78, 5) is 14.9. The topological polar surface area (TPSA) is 56.4 Å². The zero-order valence-electron chi connectivity index (χ0n) is 23.1. The molecule has 1 aliphatic rings. The molecule has 1 amide bonds. The van der Waals surface area contributed by atoms with Gasteiger partial charge in [0.1, 0.15) is 0 Å². The number of unbranched alkanes of at least 4 members (excludes halogenated alkanes) is 12. The van der Waals surface area contributed by atoms with Gasteiger partial charge < -0.3 is 20.9 Å². The van der Waals surface area contributed by atoms with Crippen molar-refractivity contribution in [1.82, 2.24) is 20.9 Å². The van der Waals surface area contributed by atoms with Gasteiger partial charge in [0.05, 0.1) is 0 Å². The van der Waals surface area contributed by atoms with E-state index >= 15 is 0 Å². The maximum absolute atomic E-state index is 12.5. The van der Waals surface area contributed by atoms with Crippen LogP contribution in [0.5, 0.6) is 0 Å². The number of hydrogen-bond donors (Lipinski definition) is 3. The first kappa shape index (κ1) is 31.4. The largest absolute Gasteiger partial charge is 0.356 e. The Morgan fingerprint density at radius 3 is 1.97 bits per heavy atom. The Labute approximate surface area is 213 Å². The lowest BCUT2D eigenvalue weighted by Crippen LogP contribution is -2.37. The Kier molecular flexibility index (Phi) is 22.2. The molecule has 5 heteroatoms. The van der Waals surface area contributed by atoms with Crippen molar-refractivity contribution >= 4 is 5.91 Å². The van der Waals surface area contributed by atoms with E-state index in [4.69, 9.17) is 0 Å². The number of rotatable bonds is 14. The molecule has 0 aromatic rings. The normalized spacial score (nSPS) is 20.6. The summed E-state index contributed by atoms with van der Waals surface area (Å²) in [6.07, 6.45) is 24.5. The van der Waals surface area contributed by atoms with Gasteiger partial charge in [0.2, 0.25) is 5.91 Å². The van der Waals surface area contributed by atoms with Crippen LogP contribution < -0.4 is 16.0 Å². The number of nitrogens with zero attached hydrogens (tertiary/aromatic N) is 1. The Morgan fingerprint density at radius 2 is 1.29 bits per heavy atom. The van der Waals surface area contributed by atoms with Gasteiger partial charge in [-0.05, 0) is 71.9 Å². The van der Waals surface area contributed by atoms with Crippen molar-refractivity contribution in [2.45, 2.75) is 135 Å². The van der Waals surface area contributed by atoms with Crippen LogP contribution in [0.15, 0.2) is 0 Å². The van der Waals surface area contributed by atoms with Crippen LogP contribution in [-0.2, 0) is 4.79 Å². The van der Waals surface area contributed by atoms with Crippen molar-refractivity contribution in [2.24, 2.45) is 0 Å². The molecule has 1 rings (SSSR count). The van der Waals surface area contributed by atoms with Crippen molar-refractivity contribution in [1.29, 1.82) is 0 Å². The van der Waals surface area contributed by atoms with Crippen molar-refractivity contribution < 1.29 is 4.79 Å². The fourth-order valence-corrected chi connectivity index (χ4v) is 4.95. The van der Waals surface area contributed by atoms with Crippen LogP contribution in [0, 0.1) is 0 Å². The molecule has 0 bridgehead atoms. The molecule has 1 saturated heterocycles. The molecule has 202 valence electrons. The third-order valence-electron chi connectivity index (χ3n) is 7.23. The van der Waals surface area contributed by atoms with E-state index in [0.717, 1.165) is 58.5 Å². The summed E-state index contributed by atoms with van der Waals surface area (Å²) in [6, 6.07) is 0.325. The van der Waals surface area contributed by atoms with Crippen molar-refractivity contribution in [3.63, 3.8) is 0 Å². The monoisotopic (exact) mass is 480 g/mol. The Morgan fingerprint density at radius 1 is 0.706 bits per heavy atom. The highest BCUT2D eigenvalue weighted by atomic mass is 16.1. The highest BCUT2D eigenvalue weighted by molar-refractivity contribution is 5.76. The van der Waals surface area contributed by atoms with Crippen LogP contribution in [-0.4, -0.2) is 63.2 Å². The second-order valence-electron chi connectivity index (χ2n) is 10.7. The van der Waals surface area contributed by atoms with Gasteiger partial charge in [0.25, 0.3) is 0 Å². The summed E-state index contributed by atoms with van der Waals surface area (Å²) < 4.78 is 0. The Balaban J connectivity index is 2.14. The van der Waals surface area contributed by atoms with E-state index in [9.17, 15) is 4.79 Å².